The molecular formula is C9H18N2O. The first-order valence-electron chi connectivity index (χ1n) is 4.35. The van der Waals surface area contributed by atoms with Gasteiger partial charge in [-0.1, -0.05) is 0 Å². The van der Waals surface area contributed by atoms with E-state index in [2.05, 4.69) is 11.9 Å². The van der Waals surface area contributed by atoms with Crippen LogP contribution in [0.25, 0.3) is 0 Å². The van der Waals surface area contributed by atoms with E-state index < -0.39 is 0 Å². The molecule has 0 bridgehead atoms. The van der Waals surface area contributed by atoms with E-state index in [-0.39, 0.29) is 11.1 Å². The maximum Gasteiger partial charge on any atom is 0.282 e. The Hall–Kier alpha value is -0.730. The minimum absolute atomic E-state index is 0.0787. The Morgan fingerprint density at radius 3 is 2.25 bits per heavy atom. The number of nitrogens with zero attached hydrogens (tertiary/aromatic N) is 1. The molecule has 0 saturated heterocycles. The van der Waals surface area contributed by atoms with Crippen LogP contribution >= 0.6 is 0 Å². The van der Waals surface area contributed by atoms with Gasteiger partial charge in [0.15, 0.2) is 0 Å². The molecule has 1 saturated carbocycles. The van der Waals surface area contributed by atoms with Crippen molar-refractivity contribution in [1.29, 1.82) is 0 Å². The molecule has 0 amide bonds. The fourth-order valence-corrected chi connectivity index (χ4v) is 0.895. The van der Waals surface area contributed by atoms with E-state index in [1.54, 1.807) is 0 Å². The summed E-state index contributed by atoms with van der Waals surface area (Å²) in [5, 5.41) is 0. The Kier molecular flexibility index (Phi) is 2.06. The molecule has 0 radical (unpaired) electrons. The summed E-state index contributed by atoms with van der Waals surface area (Å²) in [5.41, 5.74) is 5.46. The molecule has 1 aliphatic rings. The standard InChI is InChI=1S/C9H18N2O/c1-8(2,3)12-7(10)11-9(4)5-6-9/h5-6H2,1-4H3,(H2,10,11). The molecule has 2 N–H and O–H groups in total. The molecule has 3 heteroatoms. The topological polar surface area (TPSA) is 47.6 Å². The van der Waals surface area contributed by atoms with E-state index in [9.17, 15) is 0 Å². The van der Waals surface area contributed by atoms with E-state index >= 15 is 0 Å². The number of ether oxygens (including phenoxy) is 1. The van der Waals surface area contributed by atoms with Gasteiger partial charge in [0.05, 0.1) is 5.54 Å². The van der Waals surface area contributed by atoms with Crippen LogP contribution in [0.5, 0.6) is 0 Å². The van der Waals surface area contributed by atoms with E-state index in [0.717, 1.165) is 12.8 Å². The summed E-state index contributed by atoms with van der Waals surface area (Å²) >= 11 is 0. The lowest BCUT2D eigenvalue weighted by Gasteiger charge is -2.20. The summed E-state index contributed by atoms with van der Waals surface area (Å²) < 4.78 is 5.38. The van der Waals surface area contributed by atoms with Crippen LogP contribution in [0.4, 0.5) is 0 Å². The highest BCUT2D eigenvalue weighted by molar-refractivity contribution is 5.72. The van der Waals surface area contributed by atoms with Gasteiger partial charge >= 0.3 is 0 Å². The molecule has 12 heavy (non-hydrogen) atoms. The molecule has 1 fully saturated rings. The fourth-order valence-electron chi connectivity index (χ4n) is 0.895. The van der Waals surface area contributed by atoms with Crippen molar-refractivity contribution in [1.82, 2.24) is 0 Å². The highest BCUT2D eigenvalue weighted by Crippen LogP contribution is 2.38. The molecule has 1 rings (SSSR count). The molecule has 0 aromatic heterocycles. The van der Waals surface area contributed by atoms with Crippen LogP contribution in [-0.4, -0.2) is 17.2 Å². The largest absolute Gasteiger partial charge is 0.460 e. The smallest absolute Gasteiger partial charge is 0.282 e. The van der Waals surface area contributed by atoms with Crippen LogP contribution in [0.15, 0.2) is 4.99 Å². The molecule has 1 aliphatic carbocycles. The second-order valence-electron chi connectivity index (χ2n) is 4.66. The lowest BCUT2D eigenvalue weighted by atomic mass is 10.2. The summed E-state index contributed by atoms with van der Waals surface area (Å²) in [7, 11) is 0. The van der Waals surface area contributed by atoms with E-state index in [4.69, 9.17) is 10.5 Å². The van der Waals surface area contributed by atoms with Crippen molar-refractivity contribution in [2.24, 2.45) is 10.7 Å². The summed E-state index contributed by atoms with van der Waals surface area (Å²) in [6.45, 7) is 7.98. The number of rotatable bonds is 1. The van der Waals surface area contributed by atoms with Crippen molar-refractivity contribution in [3.8, 4) is 0 Å². The summed E-state index contributed by atoms with van der Waals surface area (Å²) in [4.78, 5) is 4.28. The van der Waals surface area contributed by atoms with Crippen molar-refractivity contribution in [2.45, 2.75) is 51.7 Å². The number of nitrogens with two attached hydrogens (primary N) is 1. The van der Waals surface area contributed by atoms with Crippen LogP contribution in [0.3, 0.4) is 0 Å². The minimum Gasteiger partial charge on any atom is -0.460 e. The van der Waals surface area contributed by atoms with Gasteiger partial charge in [0, 0.05) is 0 Å². The third kappa shape index (κ3) is 3.11. The van der Waals surface area contributed by atoms with E-state index in [0.29, 0.717) is 6.02 Å². The molecule has 3 nitrogen and oxygen atoms in total. The summed E-state index contributed by atoms with van der Waals surface area (Å²) in [5.74, 6) is 0. The van der Waals surface area contributed by atoms with Crippen LogP contribution in [0.2, 0.25) is 0 Å². The lowest BCUT2D eigenvalue weighted by Crippen LogP contribution is -2.30. The van der Waals surface area contributed by atoms with Gasteiger partial charge in [-0.15, -0.1) is 0 Å². The Labute approximate surface area is 74.0 Å². The molecule has 0 aromatic rings. The average Bonchev–Trinajstić information content (AvgIpc) is 2.40. The zero-order valence-electron chi connectivity index (χ0n) is 8.35. The Morgan fingerprint density at radius 2 is 1.92 bits per heavy atom. The van der Waals surface area contributed by atoms with Gasteiger partial charge in [-0.2, -0.15) is 0 Å². The molecule has 0 spiro atoms. The van der Waals surface area contributed by atoms with Crippen molar-refractivity contribution in [3.05, 3.63) is 0 Å². The lowest BCUT2D eigenvalue weighted by molar-refractivity contribution is 0.113. The van der Waals surface area contributed by atoms with Crippen LogP contribution in [-0.2, 0) is 4.74 Å². The van der Waals surface area contributed by atoms with Gasteiger partial charge in [0.2, 0.25) is 0 Å². The van der Waals surface area contributed by atoms with Gasteiger partial charge in [-0.25, -0.2) is 4.99 Å². The Balaban J connectivity index is 2.47. The third-order valence-electron chi connectivity index (χ3n) is 1.76. The molecule has 0 unspecified atom stereocenters. The minimum atomic E-state index is -0.237. The molecule has 70 valence electrons. The molecule has 0 atom stereocenters. The molecule has 0 heterocycles. The second-order valence-corrected chi connectivity index (χ2v) is 4.66. The maximum absolute atomic E-state index is 5.61. The van der Waals surface area contributed by atoms with E-state index in [1.165, 1.54) is 0 Å². The molecular weight excluding hydrogens is 152 g/mol. The number of hydrogen-bond donors (Lipinski definition) is 1. The number of aliphatic imine (C=N–C) groups is 1. The first-order valence-corrected chi connectivity index (χ1v) is 4.35. The van der Waals surface area contributed by atoms with Crippen LogP contribution in [0, 0.1) is 0 Å². The highest BCUT2D eigenvalue weighted by Gasteiger charge is 2.37. The maximum atomic E-state index is 5.61. The van der Waals surface area contributed by atoms with E-state index in [1.807, 2.05) is 20.8 Å². The van der Waals surface area contributed by atoms with Crippen molar-refractivity contribution in [2.75, 3.05) is 0 Å². The third-order valence-corrected chi connectivity index (χ3v) is 1.76. The van der Waals surface area contributed by atoms with Gasteiger partial charge in [-0.05, 0) is 40.5 Å². The second kappa shape index (κ2) is 2.64. The monoisotopic (exact) mass is 170 g/mol. The zero-order valence-corrected chi connectivity index (χ0v) is 8.35. The number of hydrogen-bond acceptors (Lipinski definition) is 2. The van der Waals surface area contributed by atoms with Gasteiger partial charge < -0.3 is 10.5 Å². The number of amidine groups is 1. The first kappa shape index (κ1) is 9.36. The van der Waals surface area contributed by atoms with Gasteiger partial charge in [-0.3, -0.25) is 0 Å². The molecule has 0 aliphatic heterocycles. The molecule has 0 aromatic carbocycles. The SMILES string of the molecule is CC1(N=C(N)OC(C)(C)C)CC1. The van der Waals surface area contributed by atoms with Gasteiger partial charge in [0.25, 0.3) is 6.02 Å². The zero-order chi connectivity index (χ0) is 9.41. The van der Waals surface area contributed by atoms with Crippen molar-refractivity contribution < 1.29 is 4.74 Å². The predicted octanol–water partition coefficient (Wildman–Crippen LogP) is 1.67. The average molecular weight is 170 g/mol. The Morgan fingerprint density at radius 1 is 1.42 bits per heavy atom. The quantitative estimate of drug-likeness (QED) is 0.480. The van der Waals surface area contributed by atoms with Gasteiger partial charge in [0.1, 0.15) is 5.60 Å². The van der Waals surface area contributed by atoms with Crippen LogP contribution < -0.4 is 5.73 Å². The van der Waals surface area contributed by atoms with Crippen molar-refractivity contribution >= 4 is 6.02 Å². The van der Waals surface area contributed by atoms with Crippen molar-refractivity contribution in [3.63, 3.8) is 0 Å². The fraction of sp³-hybridized carbons (Fsp3) is 0.889. The van der Waals surface area contributed by atoms with Crippen LogP contribution in [0.1, 0.15) is 40.5 Å². The first-order chi connectivity index (χ1) is 5.31. The summed E-state index contributed by atoms with van der Waals surface area (Å²) in [6.07, 6.45) is 2.25. The predicted molar refractivity (Wildman–Crippen MR) is 50.1 cm³/mol. The highest BCUT2D eigenvalue weighted by atomic mass is 16.5. The Bertz CT molecular complexity index is 199. The summed E-state index contributed by atoms with van der Waals surface area (Å²) in [6, 6.07) is 0.322. The normalized spacial score (nSPS) is 22.2.